The molecule has 0 saturated heterocycles. The first kappa shape index (κ1) is 15.7. The molecule has 3 aliphatic carbocycles. The second kappa shape index (κ2) is 5.46. The normalized spacial score (nSPS) is 29.2. The van der Waals surface area contributed by atoms with Crippen molar-refractivity contribution in [2.24, 2.45) is 11.8 Å². The fraction of sp³-hybridized carbons (Fsp3) is 0.526. The standard InChI is InChI=1S/C19H21N3O4/c23-20-17-14-8-2-4-11-5-3-9-15(16(11)14)18(17)21(24)19(20)12-6-1-7-13(10-12)22(25)26/h1,6-7,10-11,14-16,23H,2-5,8-9H2/t11-,14-,15+,16+/m1/s1. The van der Waals surface area contributed by atoms with E-state index in [4.69, 9.17) is 0 Å². The van der Waals surface area contributed by atoms with E-state index in [1.165, 1.54) is 25.0 Å². The summed E-state index contributed by atoms with van der Waals surface area (Å²) in [4.78, 5) is 10.6. The van der Waals surface area contributed by atoms with Gasteiger partial charge in [-0.15, -0.1) is 0 Å². The van der Waals surface area contributed by atoms with Crippen LogP contribution < -0.4 is 4.73 Å². The smallest absolute Gasteiger partial charge is 0.331 e. The number of nitro benzene ring substituents is 1. The van der Waals surface area contributed by atoms with Crippen LogP contribution in [0.1, 0.15) is 61.7 Å². The molecule has 5 rings (SSSR count). The number of hydrogen-bond acceptors (Lipinski definition) is 4. The number of benzene rings is 1. The van der Waals surface area contributed by atoms with E-state index >= 15 is 0 Å². The topological polar surface area (TPSA) is 95.2 Å². The van der Waals surface area contributed by atoms with Crippen molar-refractivity contribution in [3.8, 4) is 11.4 Å². The number of nitrogens with zero attached hydrogens (tertiary/aromatic N) is 3. The van der Waals surface area contributed by atoms with E-state index in [1.54, 1.807) is 12.1 Å². The molecule has 26 heavy (non-hydrogen) atoms. The van der Waals surface area contributed by atoms with E-state index in [9.17, 15) is 20.5 Å². The summed E-state index contributed by atoms with van der Waals surface area (Å²) in [7, 11) is 0. The zero-order chi connectivity index (χ0) is 18.0. The molecule has 7 nitrogen and oxygen atoms in total. The Kier molecular flexibility index (Phi) is 3.29. The quantitative estimate of drug-likeness (QED) is 0.292. The van der Waals surface area contributed by atoms with Gasteiger partial charge < -0.3 is 10.4 Å². The molecule has 0 aliphatic heterocycles. The first-order valence-corrected chi connectivity index (χ1v) is 9.40. The van der Waals surface area contributed by atoms with Crippen molar-refractivity contribution < 1.29 is 14.9 Å². The molecule has 0 amide bonds. The van der Waals surface area contributed by atoms with E-state index in [1.807, 2.05) is 0 Å². The van der Waals surface area contributed by atoms with Crippen molar-refractivity contribution in [2.75, 3.05) is 0 Å². The monoisotopic (exact) mass is 355 g/mol. The average Bonchev–Trinajstić information content (AvgIpc) is 3.11. The van der Waals surface area contributed by atoms with Crippen molar-refractivity contribution in [1.29, 1.82) is 0 Å². The summed E-state index contributed by atoms with van der Waals surface area (Å²) in [6, 6.07) is 5.93. The molecule has 1 N–H and O–H groups in total. The van der Waals surface area contributed by atoms with Gasteiger partial charge in [0.25, 0.3) is 5.69 Å². The van der Waals surface area contributed by atoms with Crippen LogP contribution in [0.4, 0.5) is 5.69 Å². The van der Waals surface area contributed by atoms with E-state index in [-0.39, 0.29) is 23.3 Å². The van der Waals surface area contributed by atoms with E-state index in [0.29, 0.717) is 23.1 Å². The number of aromatic nitrogens is 2. The largest absolute Gasteiger partial charge is 0.710 e. The zero-order valence-electron chi connectivity index (χ0n) is 14.4. The minimum absolute atomic E-state index is 0.0860. The maximum absolute atomic E-state index is 13.2. The van der Waals surface area contributed by atoms with Crippen molar-refractivity contribution in [3.63, 3.8) is 0 Å². The van der Waals surface area contributed by atoms with Gasteiger partial charge in [0.05, 0.1) is 10.5 Å². The Hall–Kier alpha value is -2.57. The van der Waals surface area contributed by atoms with Crippen LogP contribution in [-0.4, -0.2) is 14.9 Å². The lowest BCUT2D eigenvalue weighted by atomic mass is 9.64. The number of fused-ring (bicyclic) bond motifs is 3. The molecule has 2 saturated carbocycles. The van der Waals surface area contributed by atoms with Crippen LogP contribution in [0.15, 0.2) is 24.3 Å². The van der Waals surface area contributed by atoms with Crippen LogP contribution in [-0.2, 0) is 0 Å². The first-order chi connectivity index (χ1) is 12.6. The Bertz CT molecular complexity index is 865. The number of rotatable bonds is 2. The zero-order valence-corrected chi connectivity index (χ0v) is 14.4. The first-order valence-electron chi connectivity index (χ1n) is 9.40. The highest BCUT2D eigenvalue weighted by atomic mass is 16.6. The van der Waals surface area contributed by atoms with Gasteiger partial charge in [0, 0.05) is 24.0 Å². The van der Waals surface area contributed by atoms with Crippen molar-refractivity contribution in [3.05, 3.63) is 51.0 Å². The second-order valence-electron chi connectivity index (χ2n) is 7.92. The van der Waals surface area contributed by atoms with Crippen LogP contribution in [0.25, 0.3) is 11.4 Å². The van der Waals surface area contributed by atoms with E-state index < -0.39 is 4.92 Å². The molecule has 0 radical (unpaired) electrons. The van der Waals surface area contributed by atoms with Gasteiger partial charge in [0.2, 0.25) is 0 Å². The number of imidazole rings is 1. The molecule has 1 aromatic heterocycles. The lowest BCUT2D eigenvalue weighted by molar-refractivity contribution is -0.604. The Morgan fingerprint density at radius 3 is 2.62 bits per heavy atom. The summed E-state index contributed by atoms with van der Waals surface area (Å²) >= 11 is 0. The highest BCUT2D eigenvalue weighted by Gasteiger charge is 2.55. The van der Waals surface area contributed by atoms with E-state index in [0.717, 1.165) is 40.8 Å². The predicted molar refractivity (Wildman–Crippen MR) is 92.8 cm³/mol. The van der Waals surface area contributed by atoms with Gasteiger partial charge in [0.1, 0.15) is 0 Å². The fourth-order valence-electron chi connectivity index (χ4n) is 5.90. The molecule has 4 atom stereocenters. The van der Waals surface area contributed by atoms with Gasteiger partial charge in [-0.2, -0.15) is 0 Å². The molecular formula is C19H21N3O4. The molecule has 2 aromatic rings. The molecule has 2 fully saturated rings. The number of non-ortho nitro benzene ring substituents is 1. The lowest BCUT2D eigenvalue weighted by Gasteiger charge is -2.40. The maximum Gasteiger partial charge on any atom is 0.331 e. The predicted octanol–water partition coefficient (Wildman–Crippen LogP) is 3.72. The van der Waals surface area contributed by atoms with Crippen molar-refractivity contribution >= 4 is 5.69 Å². The fourth-order valence-corrected chi connectivity index (χ4v) is 5.90. The van der Waals surface area contributed by atoms with Crippen LogP contribution in [0, 0.1) is 27.2 Å². The third kappa shape index (κ3) is 1.97. The molecule has 136 valence electrons. The summed E-state index contributed by atoms with van der Waals surface area (Å²) in [5.41, 5.74) is 1.75. The number of nitro groups is 1. The Balaban J connectivity index is 1.67. The third-order valence-electron chi connectivity index (χ3n) is 6.77. The summed E-state index contributed by atoms with van der Waals surface area (Å²) in [5, 5.41) is 35.1. The molecule has 0 spiro atoms. The Labute approximate surface area is 150 Å². The Morgan fingerprint density at radius 2 is 1.88 bits per heavy atom. The Morgan fingerprint density at radius 1 is 1.15 bits per heavy atom. The molecule has 3 aliphatic rings. The highest BCUT2D eigenvalue weighted by molar-refractivity contribution is 5.58. The van der Waals surface area contributed by atoms with Gasteiger partial charge >= 0.3 is 5.82 Å². The van der Waals surface area contributed by atoms with Crippen molar-refractivity contribution in [2.45, 2.75) is 50.4 Å². The second-order valence-corrected chi connectivity index (χ2v) is 7.92. The lowest BCUT2D eigenvalue weighted by Crippen LogP contribution is -2.37. The molecule has 7 heteroatoms. The molecule has 1 heterocycles. The summed E-state index contributed by atoms with van der Waals surface area (Å²) in [5.74, 6) is 1.66. The van der Waals surface area contributed by atoms with Crippen LogP contribution in [0.3, 0.4) is 0 Å². The molecule has 1 aromatic carbocycles. The van der Waals surface area contributed by atoms with Gasteiger partial charge in [-0.3, -0.25) is 10.1 Å². The minimum atomic E-state index is -0.486. The summed E-state index contributed by atoms with van der Waals surface area (Å²) < 4.78 is 1.88. The third-order valence-corrected chi connectivity index (χ3v) is 6.77. The minimum Gasteiger partial charge on any atom is -0.710 e. The average molecular weight is 355 g/mol. The SMILES string of the molecule is O=[N+]([O-])c1cccc(-c2n(O)c3c([n+]2[O-])[C@H]2CCC[C@H]4CCC[C@@H]3[C@H]42)c1. The van der Waals surface area contributed by atoms with Crippen LogP contribution in [0.5, 0.6) is 0 Å². The van der Waals surface area contributed by atoms with Gasteiger partial charge in [-0.05, 0) is 35.5 Å². The van der Waals surface area contributed by atoms with E-state index in [2.05, 4.69) is 0 Å². The summed E-state index contributed by atoms with van der Waals surface area (Å²) in [6.07, 6.45) is 6.71. The molecule has 0 unspecified atom stereocenters. The van der Waals surface area contributed by atoms with Crippen molar-refractivity contribution in [1.82, 2.24) is 4.73 Å². The maximum atomic E-state index is 13.2. The molecule has 0 bridgehead atoms. The van der Waals surface area contributed by atoms with Gasteiger partial charge in [-0.1, -0.05) is 31.7 Å². The van der Waals surface area contributed by atoms with Gasteiger partial charge in [-0.25, -0.2) is 4.73 Å². The summed E-state index contributed by atoms with van der Waals surface area (Å²) in [6.45, 7) is 0. The van der Waals surface area contributed by atoms with Crippen LogP contribution in [0.2, 0.25) is 0 Å². The molecular weight excluding hydrogens is 334 g/mol. The highest BCUT2D eigenvalue weighted by Crippen LogP contribution is 2.59. The van der Waals surface area contributed by atoms with Gasteiger partial charge in [0.15, 0.2) is 11.4 Å². The van der Waals surface area contributed by atoms with Crippen LogP contribution >= 0.6 is 0 Å². The number of hydrogen-bond donors (Lipinski definition) is 1.